The zero-order valence-corrected chi connectivity index (χ0v) is 9.57. The molecule has 86 valence electrons. The number of esters is 1. The first-order valence-corrected chi connectivity index (χ1v) is 5.65. The van der Waals surface area contributed by atoms with Crippen LogP contribution in [0.1, 0.15) is 33.1 Å². The van der Waals surface area contributed by atoms with Gasteiger partial charge < -0.3 is 9.47 Å². The summed E-state index contributed by atoms with van der Waals surface area (Å²) in [6, 6.07) is 0. The molecule has 0 saturated carbocycles. The van der Waals surface area contributed by atoms with E-state index in [4.69, 9.17) is 9.47 Å². The lowest BCUT2D eigenvalue weighted by atomic mass is 10.1. The zero-order chi connectivity index (χ0) is 11.1. The Kier molecular flexibility index (Phi) is 5.40. The third-order valence-corrected chi connectivity index (χ3v) is 2.42. The first kappa shape index (κ1) is 12.2. The van der Waals surface area contributed by atoms with Crippen molar-refractivity contribution in [2.45, 2.75) is 39.2 Å². The van der Waals surface area contributed by atoms with Crippen molar-refractivity contribution in [3.8, 4) is 0 Å². The number of ether oxygens (including phenoxy) is 2. The molecule has 0 heterocycles. The maximum Gasteiger partial charge on any atom is 0.303 e. The van der Waals surface area contributed by atoms with Crippen LogP contribution >= 0.6 is 0 Å². The molecular weight excluding hydrogens is 192 g/mol. The summed E-state index contributed by atoms with van der Waals surface area (Å²) >= 11 is 0. The van der Waals surface area contributed by atoms with E-state index in [0.29, 0.717) is 5.92 Å². The molecule has 0 aromatic rings. The van der Waals surface area contributed by atoms with Crippen LogP contribution in [0.3, 0.4) is 0 Å². The Bertz CT molecular complexity index is 223. The molecule has 0 N–H and O–H groups in total. The molecule has 0 aliphatic heterocycles. The first-order valence-electron chi connectivity index (χ1n) is 5.65. The summed E-state index contributed by atoms with van der Waals surface area (Å²) in [7, 11) is 0. The van der Waals surface area contributed by atoms with Gasteiger partial charge in [0.05, 0.1) is 6.61 Å². The highest BCUT2D eigenvalue weighted by molar-refractivity contribution is 5.66. The van der Waals surface area contributed by atoms with E-state index in [2.05, 4.69) is 13.0 Å². The second kappa shape index (κ2) is 6.62. The van der Waals surface area contributed by atoms with Crippen molar-refractivity contribution in [2.24, 2.45) is 5.92 Å². The van der Waals surface area contributed by atoms with Gasteiger partial charge in [0.25, 0.3) is 0 Å². The van der Waals surface area contributed by atoms with Crippen molar-refractivity contribution in [3.63, 3.8) is 0 Å². The smallest absolute Gasteiger partial charge is 0.303 e. The van der Waals surface area contributed by atoms with Crippen LogP contribution in [0, 0.1) is 5.92 Å². The molecule has 0 fully saturated rings. The topological polar surface area (TPSA) is 35.5 Å². The Morgan fingerprint density at radius 2 is 2.27 bits per heavy atom. The van der Waals surface area contributed by atoms with Crippen molar-refractivity contribution in [3.05, 3.63) is 12.2 Å². The molecule has 0 aromatic carbocycles. The average molecular weight is 212 g/mol. The Morgan fingerprint density at radius 1 is 1.47 bits per heavy atom. The van der Waals surface area contributed by atoms with Crippen LogP contribution in [0.5, 0.6) is 0 Å². The highest BCUT2D eigenvalue weighted by Gasteiger charge is 2.20. The lowest BCUT2D eigenvalue weighted by Crippen LogP contribution is -2.14. The summed E-state index contributed by atoms with van der Waals surface area (Å²) in [4.78, 5) is 10.7. The van der Waals surface area contributed by atoms with E-state index in [1.165, 1.54) is 6.92 Å². The maximum atomic E-state index is 10.7. The molecule has 2 atom stereocenters. The largest absolute Gasteiger partial charge is 0.458 e. The standard InChI is InChI=1S/C12H20O3/c1-3-4-7-14-9-11-5-6-12(8-11)15-10(2)13/h5-6,11-12H,3-4,7-9H2,1-2H3. The molecule has 0 aromatic heterocycles. The van der Waals surface area contributed by atoms with Gasteiger partial charge in [0, 0.05) is 19.4 Å². The minimum atomic E-state index is -0.211. The summed E-state index contributed by atoms with van der Waals surface area (Å²) < 4.78 is 10.6. The summed E-state index contributed by atoms with van der Waals surface area (Å²) in [5.41, 5.74) is 0. The van der Waals surface area contributed by atoms with Gasteiger partial charge >= 0.3 is 5.97 Å². The van der Waals surface area contributed by atoms with Crippen molar-refractivity contribution in [2.75, 3.05) is 13.2 Å². The maximum absolute atomic E-state index is 10.7. The van der Waals surface area contributed by atoms with Gasteiger partial charge in [0.2, 0.25) is 0 Å². The summed E-state index contributed by atoms with van der Waals surface area (Å²) in [6.07, 6.45) is 7.14. The number of rotatable bonds is 6. The summed E-state index contributed by atoms with van der Waals surface area (Å²) in [5.74, 6) is 0.198. The molecule has 0 amide bonds. The normalized spacial score (nSPS) is 24.4. The van der Waals surface area contributed by atoms with Gasteiger partial charge in [0.1, 0.15) is 6.10 Å². The number of carbonyl (C=O) groups excluding carboxylic acids is 1. The van der Waals surface area contributed by atoms with Crippen molar-refractivity contribution in [1.29, 1.82) is 0 Å². The van der Waals surface area contributed by atoms with E-state index in [1.54, 1.807) is 0 Å². The van der Waals surface area contributed by atoms with E-state index in [0.717, 1.165) is 32.5 Å². The van der Waals surface area contributed by atoms with Crippen molar-refractivity contribution >= 4 is 5.97 Å². The Hall–Kier alpha value is -0.830. The monoisotopic (exact) mass is 212 g/mol. The van der Waals surface area contributed by atoms with Gasteiger partial charge in [0.15, 0.2) is 0 Å². The number of hydrogen-bond acceptors (Lipinski definition) is 3. The van der Waals surface area contributed by atoms with Gasteiger partial charge in [-0.1, -0.05) is 19.4 Å². The molecule has 0 saturated heterocycles. The van der Waals surface area contributed by atoms with E-state index in [-0.39, 0.29) is 12.1 Å². The Balaban J connectivity index is 2.09. The first-order chi connectivity index (χ1) is 7.22. The molecule has 0 radical (unpaired) electrons. The quantitative estimate of drug-likeness (QED) is 0.385. The van der Waals surface area contributed by atoms with Crippen LogP contribution in [0.2, 0.25) is 0 Å². The van der Waals surface area contributed by atoms with Crippen LogP contribution in [0.25, 0.3) is 0 Å². The van der Waals surface area contributed by atoms with E-state index >= 15 is 0 Å². The average Bonchev–Trinajstić information content (AvgIpc) is 2.59. The molecular formula is C12H20O3. The van der Waals surface area contributed by atoms with Gasteiger partial charge in [-0.15, -0.1) is 0 Å². The lowest BCUT2D eigenvalue weighted by molar-refractivity contribution is -0.144. The minimum absolute atomic E-state index is 0.0396. The number of carbonyl (C=O) groups is 1. The second-order valence-electron chi connectivity index (χ2n) is 3.96. The van der Waals surface area contributed by atoms with Crippen LogP contribution < -0.4 is 0 Å². The molecule has 2 unspecified atom stereocenters. The molecule has 3 heteroatoms. The third kappa shape index (κ3) is 4.98. The molecule has 3 nitrogen and oxygen atoms in total. The molecule has 15 heavy (non-hydrogen) atoms. The van der Waals surface area contributed by atoms with Crippen molar-refractivity contribution < 1.29 is 14.3 Å². The highest BCUT2D eigenvalue weighted by atomic mass is 16.5. The molecule has 1 aliphatic carbocycles. The highest BCUT2D eigenvalue weighted by Crippen LogP contribution is 2.20. The summed E-state index contributed by atoms with van der Waals surface area (Å²) in [5, 5.41) is 0. The Labute approximate surface area is 91.4 Å². The number of unbranched alkanes of at least 4 members (excludes halogenated alkanes) is 1. The number of hydrogen-bond donors (Lipinski definition) is 0. The molecule has 1 aliphatic rings. The Morgan fingerprint density at radius 3 is 2.93 bits per heavy atom. The van der Waals surface area contributed by atoms with Crippen LogP contribution in [-0.2, 0) is 14.3 Å². The van der Waals surface area contributed by atoms with E-state index in [1.807, 2.05) is 6.08 Å². The predicted molar refractivity (Wildman–Crippen MR) is 58.5 cm³/mol. The van der Waals surface area contributed by atoms with Crippen molar-refractivity contribution in [1.82, 2.24) is 0 Å². The van der Waals surface area contributed by atoms with Gasteiger partial charge in [-0.2, -0.15) is 0 Å². The zero-order valence-electron chi connectivity index (χ0n) is 9.57. The third-order valence-electron chi connectivity index (χ3n) is 2.42. The SMILES string of the molecule is CCCCOCC1C=CC(OC(C)=O)C1. The van der Waals surface area contributed by atoms with Crippen LogP contribution in [0.4, 0.5) is 0 Å². The molecule has 0 bridgehead atoms. The summed E-state index contributed by atoms with van der Waals surface area (Å²) in [6.45, 7) is 5.17. The van der Waals surface area contributed by atoms with Gasteiger partial charge in [-0.05, 0) is 18.9 Å². The van der Waals surface area contributed by atoms with E-state index < -0.39 is 0 Å². The fraction of sp³-hybridized carbons (Fsp3) is 0.750. The lowest BCUT2D eigenvalue weighted by Gasteiger charge is -2.12. The van der Waals surface area contributed by atoms with Crippen LogP contribution in [0.15, 0.2) is 12.2 Å². The fourth-order valence-electron chi connectivity index (χ4n) is 1.64. The molecule has 1 rings (SSSR count). The second-order valence-corrected chi connectivity index (χ2v) is 3.96. The van der Waals surface area contributed by atoms with Gasteiger partial charge in [-0.3, -0.25) is 4.79 Å². The minimum Gasteiger partial charge on any atom is -0.458 e. The molecule has 0 spiro atoms. The van der Waals surface area contributed by atoms with E-state index in [9.17, 15) is 4.79 Å². The predicted octanol–water partition coefficient (Wildman–Crippen LogP) is 2.31. The fourth-order valence-corrected chi connectivity index (χ4v) is 1.64. The van der Waals surface area contributed by atoms with Crippen LogP contribution in [-0.4, -0.2) is 25.3 Å². The van der Waals surface area contributed by atoms with Gasteiger partial charge in [-0.25, -0.2) is 0 Å².